The molecule has 1 aliphatic rings. The number of halogens is 2. The lowest BCUT2D eigenvalue weighted by molar-refractivity contribution is -0.119. The second kappa shape index (κ2) is 18.9. The zero-order chi connectivity index (χ0) is 30.1. The maximum atomic E-state index is 11.9. The van der Waals surface area contributed by atoms with Gasteiger partial charge in [0.25, 0.3) is 0 Å². The number of urea groups is 1. The largest absolute Gasteiger partial charge is 0.354 e. The Hall–Kier alpha value is -2.33. The number of para-hydroxylation sites is 1. The van der Waals surface area contributed by atoms with E-state index in [1.165, 1.54) is 31.5 Å². The number of sulfonamides is 1. The van der Waals surface area contributed by atoms with Crippen molar-refractivity contribution in [3.63, 3.8) is 0 Å². The predicted octanol–water partition coefficient (Wildman–Crippen LogP) is 6.94. The maximum absolute atomic E-state index is 11.9. The summed E-state index contributed by atoms with van der Waals surface area (Å²) in [6.45, 7) is 11.8. The Morgan fingerprint density at radius 3 is 2.27 bits per heavy atom. The molecule has 3 amide bonds. The van der Waals surface area contributed by atoms with Crippen molar-refractivity contribution in [3.8, 4) is 0 Å². The van der Waals surface area contributed by atoms with E-state index in [2.05, 4.69) is 29.2 Å². The molecule has 1 heterocycles. The molecule has 3 N–H and O–H groups in total. The number of nitrogens with zero attached hydrogens (tertiary/aromatic N) is 1. The van der Waals surface area contributed by atoms with Crippen LogP contribution in [0, 0.1) is 5.92 Å². The van der Waals surface area contributed by atoms with E-state index in [0.717, 1.165) is 44.5 Å². The van der Waals surface area contributed by atoms with Crippen LogP contribution < -0.4 is 15.4 Å². The number of anilines is 1. The Balaban J connectivity index is 0.000000326. The van der Waals surface area contributed by atoms with E-state index in [-0.39, 0.29) is 27.9 Å². The van der Waals surface area contributed by atoms with E-state index in [9.17, 15) is 18.0 Å². The zero-order valence-corrected chi connectivity index (χ0v) is 26.5. The molecule has 2 aromatic carbocycles. The number of nitrogens with one attached hydrogen (secondary N) is 3. The molecule has 3 rings (SSSR count). The van der Waals surface area contributed by atoms with Crippen molar-refractivity contribution in [1.82, 2.24) is 14.9 Å². The molecule has 224 valence electrons. The van der Waals surface area contributed by atoms with Gasteiger partial charge in [-0.15, -0.1) is 0 Å². The molecule has 8 nitrogen and oxygen atoms in total. The Morgan fingerprint density at radius 2 is 1.75 bits per heavy atom. The molecule has 0 saturated carbocycles. The first-order chi connectivity index (χ1) is 18.9. The summed E-state index contributed by atoms with van der Waals surface area (Å²) in [4.78, 5) is 24.0. The van der Waals surface area contributed by atoms with Crippen LogP contribution in [0.3, 0.4) is 0 Å². The number of hydrogen-bond acceptors (Lipinski definition) is 4. The number of piperidine rings is 1. The summed E-state index contributed by atoms with van der Waals surface area (Å²) in [6, 6.07) is 14.2. The summed E-state index contributed by atoms with van der Waals surface area (Å²) in [5.74, 6) is 0.658. The van der Waals surface area contributed by atoms with Gasteiger partial charge in [-0.05, 0) is 69.4 Å². The van der Waals surface area contributed by atoms with E-state index in [4.69, 9.17) is 23.2 Å². The lowest BCUT2D eigenvalue weighted by Gasteiger charge is -2.30. The first-order valence-electron chi connectivity index (χ1n) is 13.7. The molecule has 1 fully saturated rings. The average molecular weight is 616 g/mol. The van der Waals surface area contributed by atoms with Gasteiger partial charge in [0.05, 0.1) is 5.02 Å². The molecule has 1 unspecified atom stereocenters. The van der Waals surface area contributed by atoms with E-state index in [0.29, 0.717) is 17.5 Å². The molecular formula is C29H44Cl2N4O4S. The van der Waals surface area contributed by atoms with Crippen LogP contribution in [0.1, 0.15) is 66.7 Å². The lowest BCUT2D eigenvalue weighted by Crippen LogP contribution is -2.41. The zero-order valence-electron chi connectivity index (χ0n) is 24.2. The highest BCUT2D eigenvalue weighted by atomic mass is 35.5. The van der Waals surface area contributed by atoms with Gasteiger partial charge < -0.3 is 15.5 Å². The molecule has 0 spiro atoms. The van der Waals surface area contributed by atoms with E-state index >= 15 is 0 Å². The third kappa shape index (κ3) is 14.9. The highest BCUT2D eigenvalue weighted by molar-refractivity contribution is 7.89. The number of carbonyl (C=O) groups excluding carboxylic acids is 2. The fourth-order valence-electron chi connectivity index (χ4n) is 3.86. The third-order valence-corrected chi connectivity index (χ3v) is 7.90. The summed E-state index contributed by atoms with van der Waals surface area (Å²) < 4.78 is 26.3. The minimum absolute atomic E-state index is 0.0257. The van der Waals surface area contributed by atoms with Gasteiger partial charge in [0.1, 0.15) is 4.90 Å². The molecule has 2 aromatic rings. The molecule has 1 atom stereocenters. The standard InChI is InChI=1S/C13H18N2O.C11H15Cl2NO2S.C5H11NO/c1-11-6-5-9-15(10-11)13(16)14-12-7-3-2-4-8-12;1-2-3-4-7-14-17(15,16)11-6-5-9(12)8-10(11)13;1-4(2)6-5(3)7/h2-4,7-8,11H,5-6,9-10H2,1H3,(H,14,16);5-6,8,14H,2-4,7H2,1H3;4H,1-3H3,(H,6,7). The number of carbonyl (C=O) groups is 2. The van der Waals surface area contributed by atoms with Crippen molar-refractivity contribution in [2.24, 2.45) is 5.92 Å². The molecule has 0 radical (unpaired) electrons. The number of amides is 3. The summed E-state index contributed by atoms with van der Waals surface area (Å²) in [7, 11) is -3.53. The van der Waals surface area contributed by atoms with Gasteiger partial charge in [-0.3, -0.25) is 4.79 Å². The van der Waals surface area contributed by atoms with Gasteiger partial charge >= 0.3 is 6.03 Å². The van der Waals surface area contributed by atoms with Crippen LogP contribution in [-0.2, 0) is 14.8 Å². The fourth-order valence-corrected chi connectivity index (χ4v) is 5.70. The molecule has 1 aliphatic heterocycles. The molecule has 1 saturated heterocycles. The summed E-state index contributed by atoms with van der Waals surface area (Å²) in [5, 5.41) is 6.14. The van der Waals surface area contributed by atoms with E-state index < -0.39 is 10.0 Å². The van der Waals surface area contributed by atoms with Crippen LogP contribution in [0.15, 0.2) is 53.4 Å². The van der Waals surface area contributed by atoms with Gasteiger partial charge in [-0.2, -0.15) is 0 Å². The highest BCUT2D eigenvalue weighted by Gasteiger charge is 2.20. The van der Waals surface area contributed by atoms with E-state index in [1.807, 2.05) is 49.1 Å². The lowest BCUT2D eigenvalue weighted by atomic mass is 10.0. The normalized spacial score (nSPS) is 14.8. The number of rotatable bonds is 8. The summed E-state index contributed by atoms with van der Waals surface area (Å²) >= 11 is 11.6. The monoisotopic (exact) mass is 614 g/mol. The Kier molecular flexibility index (Phi) is 16.9. The number of benzene rings is 2. The smallest absolute Gasteiger partial charge is 0.321 e. The van der Waals surface area contributed by atoms with Crippen molar-refractivity contribution in [2.75, 3.05) is 25.0 Å². The quantitative estimate of drug-likeness (QED) is 0.280. The van der Waals surface area contributed by atoms with Crippen molar-refractivity contribution in [3.05, 3.63) is 58.6 Å². The Morgan fingerprint density at radius 1 is 1.07 bits per heavy atom. The van der Waals surface area contributed by atoms with Gasteiger partial charge in [-0.25, -0.2) is 17.9 Å². The van der Waals surface area contributed by atoms with Crippen molar-refractivity contribution in [2.45, 2.75) is 77.7 Å². The maximum Gasteiger partial charge on any atom is 0.321 e. The van der Waals surface area contributed by atoms with Crippen LogP contribution >= 0.6 is 23.2 Å². The number of unbranched alkanes of at least 4 members (excludes halogenated alkanes) is 2. The second-order valence-electron chi connectivity index (χ2n) is 10.0. The SMILES string of the molecule is CC(=O)NC(C)C.CC1CCCN(C(=O)Nc2ccccc2)C1.CCCCCNS(=O)(=O)c1ccc(Cl)cc1Cl. The van der Waals surface area contributed by atoms with Crippen molar-refractivity contribution in [1.29, 1.82) is 0 Å². The second-order valence-corrected chi connectivity index (χ2v) is 12.6. The number of hydrogen-bond donors (Lipinski definition) is 3. The average Bonchev–Trinajstić information content (AvgIpc) is 2.87. The molecular weight excluding hydrogens is 571 g/mol. The van der Waals surface area contributed by atoms with Crippen LogP contribution in [-0.4, -0.2) is 50.9 Å². The summed E-state index contributed by atoms with van der Waals surface area (Å²) in [6.07, 6.45) is 5.21. The molecule has 40 heavy (non-hydrogen) atoms. The molecule has 0 bridgehead atoms. The van der Waals surface area contributed by atoms with Crippen LogP contribution in [0.4, 0.5) is 10.5 Å². The minimum Gasteiger partial charge on any atom is -0.354 e. The molecule has 11 heteroatoms. The molecule has 0 aromatic heterocycles. The van der Waals surface area contributed by atoms with Crippen molar-refractivity contribution < 1.29 is 18.0 Å². The Labute approximate surface area is 250 Å². The predicted molar refractivity (Wildman–Crippen MR) is 166 cm³/mol. The Bertz CT molecular complexity index is 1150. The van der Waals surface area contributed by atoms with E-state index in [1.54, 1.807) is 0 Å². The van der Waals surface area contributed by atoms with Crippen LogP contribution in [0.5, 0.6) is 0 Å². The third-order valence-electron chi connectivity index (χ3n) is 5.72. The summed E-state index contributed by atoms with van der Waals surface area (Å²) in [5.41, 5.74) is 0.866. The topological polar surface area (TPSA) is 108 Å². The van der Waals surface area contributed by atoms with Crippen LogP contribution in [0.25, 0.3) is 0 Å². The fraction of sp³-hybridized carbons (Fsp3) is 0.517. The highest BCUT2D eigenvalue weighted by Crippen LogP contribution is 2.24. The minimum atomic E-state index is -3.53. The van der Waals surface area contributed by atoms with Crippen molar-refractivity contribution >= 4 is 50.9 Å². The van der Waals surface area contributed by atoms with Gasteiger partial charge in [-0.1, -0.05) is 68.1 Å². The van der Waals surface area contributed by atoms with Gasteiger partial charge in [0, 0.05) is 43.3 Å². The van der Waals surface area contributed by atoms with Crippen LogP contribution in [0.2, 0.25) is 10.0 Å². The first kappa shape index (κ1) is 35.7. The van der Waals surface area contributed by atoms with Gasteiger partial charge in [0.2, 0.25) is 15.9 Å². The first-order valence-corrected chi connectivity index (χ1v) is 15.9. The number of likely N-dealkylation sites (tertiary alicyclic amines) is 1. The van der Waals surface area contributed by atoms with Gasteiger partial charge in [0.15, 0.2) is 0 Å². The molecule has 0 aliphatic carbocycles.